The molecule has 0 unspecified atom stereocenters. The molecule has 0 N–H and O–H groups in total. The Morgan fingerprint density at radius 1 is 1.30 bits per heavy atom. The standard InChI is InChI=1S/C21H25Cl2FO3/c1-10(25)27-16-5-4-12-11-8-13(22)18-19(23)15(26)6-7-20(18,2)17(11)14(24)9-21(12,16)3/h8,11-12,14,16-17H,4-7,9H2,1-3H3/t11-,12-,14-,16-,17+,20+,21-/m0/s1. The number of allylic oxidation sites excluding steroid dienone is 4. The molecule has 4 aliphatic rings. The van der Waals surface area contributed by atoms with Gasteiger partial charge in [-0.25, -0.2) is 4.39 Å². The molecule has 4 rings (SSSR count). The van der Waals surface area contributed by atoms with Crippen LogP contribution in [0, 0.1) is 28.6 Å². The Morgan fingerprint density at radius 2 is 2.00 bits per heavy atom. The highest BCUT2D eigenvalue weighted by Crippen LogP contribution is 2.66. The molecule has 0 aromatic rings. The predicted octanol–water partition coefficient (Wildman–Crippen LogP) is 5.31. The summed E-state index contributed by atoms with van der Waals surface area (Å²) in [7, 11) is 0. The first-order valence-corrected chi connectivity index (χ1v) is 10.5. The van der Waals surface area contributed by atoms with Gasteiger partial charge in [0.1, 0.15) is 12.3 Å². The van der Waals surface area contributed by atoms with E-state index in [9.17, 15) is 9.59 Å². The van der Waals surface area contributed by atoms with Gasteiger partial charge in [0.05, 0.1) is 5.03 Å². The fourth-order valence-corrected chi connectivity index (χ4v) is 7.50. The minimum absolute atomic E-state index is 0.0433. The Bertz CT molecular complexity index is 775. The summed E-state index contributed by atoms with van der Waals surface area (Å²) in [6, 6.07) is 0. The predicted molar refractivity (Wildman–Crippen MR) is 102 cm³/mol. The lowest BCUT2D eigenvalue weighted by Gasteiger charge is -2.57. The molecule has 0 aromatic heterocycles. The maximum atomic E-state index is 15.7. The summed E-state index contributed by atoms with van der Waals surface area (Å²) in [6.45, 7) is 5.47. The zero-order chi connectivity index (χ0) is 19.7. The summed E-state index contributed by atoms with van der Waals surface area (Å²) < 4.78 is 21.3. The highest BCUT2D eigenvalue weighted by atomic mass is 35.5. The van der Waals surface area contributed by atoms with Gasteiger partial charge in [-0.3, -0.25) is 9.59 Å². The number of alkyl halides is 1. The van der Waals surface area contributed by atoms with Crippen LogP contribution in [-0.2, 0) is 14.3 Å². The fourth-order valence-electron chi connectivity index (χ4n) is 6.58. The van der Waals surface area contributed by atoms with Gasteiger partial charge in [-0.2, -0.15) is 0 Å². The highest BCUT2D eigenvalue weighted by molar-refractivity contribution is 6.45. The van der Waals surface area contributed by atoms with E-state index in [1.165, 1.54) is 6.92 Å². The molecule has 0 bridgehead atoms. The highest BCUT2D eigenvalue weighted by Gasteiger charge is 2.63. The lowest BCUT2D eigenvalue weighted by Crippen LogP contribution is -2.55. The number of fused-ring (bicyclic) bond motifs is 5. The van der Waals surface area contributed by atoms with Gasteiger partial charge in [0.25, 0.3) is 0 Å². The van der Waals surface area contributed by atoms with Crippen LogP contribution in [0.5, 0.6) is 0 Å². The average molecular weight is 415 g/mol. The number of hydrogen-bond acceptors (Lipinski definition) is 3. The summed E-state index contributed by atoms with van der Waals surface area (Å²) in [4.78, 5) is 23.7. The number of hydrogen-bond donors (Lipinski definition) is 0. The first kappa shape index (κ1) is 19.4. The van der Waals surface area contributed by atoms with Crippen molar-refractivity contribution < 1.29 is 18.7 Å². The van der Waals surface area contributed by atoms with E-state index in [2.05, 4.69) is 0 Å². The van der Waals surface area contributed by atoms with Crippen molar-refractivity contribution in [2.75, 3.05) is 0 Å². The van der Waals surface area contributed by atoms with Crippen molar-refractivity contribution in [3.05, 3.63) is 21.7 Å². The van der Waals surface area contributed by atoms with Gasteiger partial charge in [0.15, 0.2) is 5.78 Å². The molecule has 2 saturated carbocycles. The van der Waals surface area contributed by atoms with E-state index in [1.807, 2.05) is 19.9 Å². The number of rotatable bonds is 1. The number of carbonyl (C=O) groups excluding carboxylic acids is 2. The van der Waals surface area contributed by atoms with Crippen LogP contribution in [0.15, 0.2) is 21.7 Å². The molecule has 4 aliphatic carbocycles. The van der Waals surface area contributed by atoms with E-state index in [-0.39, 0.29) is 40.6 Å². The Hall–Kier alpha value is -0.870. The number of ketones is 1. The van der Waals surface area contributed by atoms with E-state index in [0.29, 0.717) is 29.9 Å². The number of carbonyl (C=O) groups is 2. The molecule has 0 aliphatic heterocycles. The van der Waals surface area contributed by atoms with Gasteiger partial charge in [0.2, 0.25) is 0 Å². The molecule has 2 fully saturated rings. The van der Waals surface area contributed by atoms with E-state index in [0.717, 1.165) is 12.8 Å². The molecule has 0 radical (unpaired) electrons. The zero-order valence-corrected chi connectivity index (χ0v) is 17.4. The summed E-state index contributed by atoms with van der Waals surface area (Å²) in [5.74, 6) is -0.529. The van der Waals surface area contributed by atoms with Crippen LogP contribution in [-0.4, -0.2) is 24.0 Å². The number of Topliss-reactive ketones (excluding diaryl/α,β-unsaturated/α-hetero) is 1. The molecular formula is C21H25Cl2FO3. The molecule has 7 atom stereocenters. The lowest BCUT2D eigenvalue weighted by molar-refractivity contribution is -0.159. The van der Waals surface area contributed by atoms with Gasteiger partial charge >= 0.3 is 5.97 Å². The lowest BCUT2D eigenvalue weighted by atomic mass is 9.48. The van der Waals surface area contributed by atoms with Crippen LogP contribution in [0.3, 0.4) is 0 Å². The van der Waals surface area contributed by atoms with Crippen molar-refractivity contribution in [2.24, 2.45) is 28.6 Å². The molecular weight excluding hydrogens is 390 g/mol. The van der Waals surface area contributed by atoms with Crippen molar-refractivity contribution in [3.63, 3.8) is 0 Å². The molecule has 27 heavy (non-hydrogen) atoms. The van der Waals surface area contributed by atoms with Gasteiger partial charge in [0, 0.05) is 35.1 Å². The van der Waals surface area contributed by atoms with E-state index in [1.54, 1.807) is 0 Å². The third kappa shape index (κ3) is 2.66. The molecule has 0 heterocycles. The first-order chi connectivity index (χ1) is 12.6. The Balaban J connectivity index is 1.80. The second kappa shape index (κ2) is 6.32. The monoisotopic (exact) mass is 414 g/mol. The van der Waals surface area contributed by atoms with Gasteiger partial charge in [-0.05, 0) is 43.1 Å². The van der Waals surface area contributed by atoms with Crippen molar-refractivity contribution in [3.8, 4) is 0 Å². The second-order valence-corrected chi connectivity index (χ2v) is 9.94. The van der Waals surface area contributed by atoms with Gasteiger partial charge < -0.3 is 4.74 Å². The average Bonchev–Trinajstić information content (AvgIpc) is 2.86. The molecule has 148 valence electrons. The van der Waals surface area contributed by atoms with Crippen LogP contribution in [0.2, 0.25) is 0 Å². The smallest absolute Gasteiger partial charge is 0.302 e. The van der Waals surface area contributed by atoms with Crippen LogP contribution < -0.4 is 0 Å². The normalized spacial score (nSPS) is 46.4. The maximum Gasteiger partial charge on any atom is 0.302 e. The SMILES string of the molecule is CC(=O)O[C@H]1CC[C@H]2[C@@H]3C=C(Cl)C4=C(Cl)C(=O)CC[C@]4(C)[C@H]3[C@@H](F)C[C@]12C. The third-order valence-electron chi connectivity index (χ3n) is 7.75. The van der Waals surface area contributed by atoms with Crippen molar-refractivity contribution >= 4 is 35.0 Å². The van der Waals surface area contributed by atoms with Crippen LogP contribution in [0.4, 0.5) is 4.39 Å². The van der Waals surface area contributed by atoms with Crippen LogP contribution in [0.1, 0.15) is 52.9 Å². The minimum atomic E-state index is -1.06. The van der Waals surface area contributed by atoms with Crippen molar-refractivity contribution in [1.82, 2.24) is 0 Å². The first-order valence-electron chi connectivity index (χ1n) is 9.72. The molecule has 0 amide bonds. The summed E-state index contributed by atoms with van der Waals surface area (Å²) >= 11 is 13.0. The van der Waals surface area contributed by atoms with E-state index < -0.39 is 17.0 Å². The maximum absolute atomic E-state index is 15.7. The number of halogens is 3. The van der Waals surface area contributed by atoms with Crippen LogP contribution in [0.25, 0.3) is 0 Å². The minimum Gasteiger partial charge on any atom is -0.462 e. The largest absolute Gasteiger partial charge is 0.462 e. The summed E-state index contributed by atoms with van der Waals surface area (Å²) in [5.41, 5.74) is -0.308. The van der Waals surface area contributed by atoms with Crippen LogP contribution >= 0.6 is 23.2 Å². The molecule has 0 aromatic carbocycles. The Morgan fingerprint density at radius 3 is 2.67 bits per heavy atom. The van der Waals surface area contributed by atoms with E-state index >= 15 is 4.39 Å². The zero-order valence-electron chi connectivity index (χ0n) is 15.9. The Labute approximate surface area is 169 Å². The van der Waals surface area contributed by atoms with Gasteiger partial charge in [-0.15, -0.1) is 0 Å². The topological polar surface area (TPSA) is 43.4 Å². The molecule has 0 spiro atoms. The molecule has 0 saturated heterocycles. The molecule has 3 nitrogen and oxygen atoms in total. The number of esters is 1. The van der Waals surface area contributed by atoms with Crippen molar-refractivity contribution in [2.45, 2.75) is 65.2 Å². The summed E-state index contributed by atoms with van der Waals surface area (Å²) in [6.07, 6.45) is 3.49. The third-order valence-corrected chi connectivity index (χ3v) is 8.47. The van der Waals surface area contributed by atoms with Gasteiger partial charge in [-0.1, -0.05) is 43.1 Å². The fraction of sp³-hybridized carbons (Fsp3) is 0.714. The quantitative estimate of drug-likeness (QED) is 0.546. The van der Waals surface area contributed by atoms with E-state index in [4.69, 9.17) is 27.9 Å². The summed E-state index contributed by atoms with van der Waals surface area (Å²) in [5, 5.41) is 0.664. The van der Waals surface area contributed by atoms with Crippen molar-refractivity contribution in [1.29, 1.82) is 0 Å². The second-order valence-electron chi connectivity index (χ2n) is 9.16. The Kier molecular flexibility index (Phi) is 4.55. The number of ether oxygens (including phenoxy) is 1. The molecule has 6 heteroatoms.